The second kappa shape index (κ2) is 11.4. The molecule has 1 aliphatic heterocycles. The largest absolute Gasteiger partial charge is 0.305 e. The Balaban J connectivity index is 1.42. The van der Waals surface area contributed by atoms with E-state index >= 15 is 0 Å². The molecule has 0 bridgehead atoms. The van der Waals surface area contributed by atoms with Crippen LogP contribution in [0.1, 0.15) is 61.3 Å². The monoisotopic (exact) mass is 564 g/mol. The summed E-state index contributed by atoms with van der Waals surface area (Å²) in [6.07, 6.45) is 8.02. The van der Waals surface area contributed by atoms with Crippen molar-refractivity contribution in [1.82, 2.24) is 9.29 Å². The van der Waals surface area contributed by atoms with Crippen LogP contribution in [-0.2, 0) is 21.4 Å². The topological polar surface area (TPSA) is 74.9 Å². The van der Waals surface area contributed by atoms with Crippen LogP contribution >= 0.6 is 0 Å². The van der Waals surface area contributed by atoms with Crippen molar-refractivity contribution in [3.05, 3.63) is 94.6 Å². The minimum Gasteiger partial charge on any atom is -0.305 e. The van der Waals surface area contributed by atoms with Crippen LogP contribution in [0.25, 0.3) is 4.85 Å². The summed E-state index contributed by atoms with van der Waals surface area (Å²) in [5.41, 5.74) is 2.14. The Morgan fingerprint density at radius 2 is 1.80 bits per heavy atom. The molecule has 40 heavy (non-hydrogen) atoms. The number of hydrogen-bond acceptors (Lipinski definition) is 4. The zero-order valence-electron chi connectivity index (χ0n) is 22.2. The third kappa shape index (κ3) is 5.49. The van der Waals surface area contributed by atoms with E-state index in [0.29, 0.717) is 17.3 Å². The molecule has 10 heteroatoms. The molecular formula is C30H30F2N4O3S. The van der Waals surface area contributed by atoms with E-state index in [1.807, 2.05) is 18.3 Å². The number of carbonyl (C=O) groups excluding carboxylic acids is 1. The molecule has 2 heterocycles. The van der Waals surface area contributed by atoms with Gasteiger partial charge in [-0.25, -0.2) is 22.0 Å². The van der Waals surface area contributed by atoms with Gasteiger partial charge in [0.05, 0.1) is 23.7 Å². The lowest BCUT2D eigenvalue weighted by Crippen LogP contribution is -2.59. The van der Waals surface area contributed by atoms with Crippen molar-refractivity contribution in [3.8, 4) is 0 Å². The van der Waals surface area contributed by atoms with E-state index in [4.69, 9.17) is 6.57 Å². The maximum absolute atomic E-state index is 14.3. The Hall–Kier alpha value is -3.68. The van der Waals surface area contributed by atoms with E-state index in [1.165, 1.54) is 67.0 Å². The summed E-state index contributed by atoms with van der Waals surface area (Å²) in [7, 11) is -4.34. The average molecular weight is 565 g/mol. The number of pyridine rings is 1. The van der Waals surface area contributed by atoms with Crippen LogP contribution in [-0.4, -0.2) is 36.2 Å². The zero-order chi connectivity index (χ0) is 28.4. The van der Waals surface area contributed by atoms with Crippen molar-refractivity contribution in [3.63, 3.8) is 0 Å². The number of carbonyl (C=O) groups is 1. The molecule has 0 unspecified atom stereocenters. The van der Waals surface area contributed by atoms with E-state index in [0.717, 1.165) is 23.2 Å². The summed E-state index contributed by atoms with van der Waals surface area (Å²) in [4.78, 5) is 22.7. The molecule has 1 saturated carbocycles. The van der Waals surface area contributed by atoms with Gasteiger partial charge >= 0.3 is 0 Å². The number of aryl methyl sites for hydroxylation is 1. The van der Waals surface area contributed by atoms with Gasteiger partial charge in [0, 0.05) is 18.4 Å². The molecule has 5 rings (SSSR count). The second-order valence-corrected chi connectivity index (χ2v) is 12.3. The number of hydrogen-bond donors (Lipinski definition) is 0. The number of aromatic nitrogens is 1. The maximum atomic E-state index is 14.3. The predicted molar refractivity (Wildman–Crippen MR) is 147 cm³/mol. The molecule has 1 amide bonds. The highest BCUT2D eigenvalue weighted by Crippen LogP contribution is 2.36. The Bertz CT molecular complexity index is 1550. The summed E-state index contributed by atoms with van der Waals surface area (Å²) in [5, 5.41) is 0. The fraction of sp³-hybridized carbons (Fsp3) is 0.367. The first-order valence-corrected chi connectivity index (χ1v) is 14.8. The lowest BCUT2D eigenvalue weighted by molar-refractivity contribution is -0.125. The van der Waals surface area contributed by atoms with Gasteiger partial charge in [0.2, 0.25) is 21.6 Å². The number of sulfonamides is 1. The van der Waals surface area contributed by atoms with Gasteiger partial charge in [0.1, 0.15) is 17.7 Å². The molecule has 2 aliphatic rings. The first-order chi connectivity index (χ1) is 19.2. The summed E-state index contributed by atoms with van der Waals surface area (Å²) in [6, 6.07) is 10.3. The second-order valence-electron chi connectivity index (χ2n) is 10.4. The molecule has 3 aromatic rings. The number of rotatable bonds is 7. The lowest BCUT2D eigenvalue weighted by atomic mass is 9.85. The highest BCUT2D eigenvalue weighted by Gasteiger charge is 2.45. The Morgan fingerprint density at radius 1 is 1.07 bits per heavy atom. The molecule has 1 atom stereocenters. The fourth-order valence-electron chi connectivity index (χ4n) is 5.43. The van der Waals surface area contributed by atoms with Crippen LogP contribution in [0.15, 0.2) is 59.6 Å². The first kappa shape index (κ1) is 27.9. The van der Waals surface area contributed by atoms with Crippen LogP contribution in [0, 0.1) is 25.1 Å². The summed E-state index contributed by atoms with van der Waals surface area (Å²) >= 11 is 0. The van der Waals surface area contributed by atoms with E-state index in [2.05, 4.69) is 9.83 Å². The molecule has 0 radical (unpaired) electrons. The molecule has 1 aromatic heterocycles. The number of nitrogens with zero attached hydrogens (tertiary/aromatic N) is 4. The molecule has 208 valence electrons. The van der Waals surface area contributed by atoms with Crippen molar-refractivity contribution < 1.29 is 22.0 Å². The molecule has 1 aliphatic carbocycles. The molecule has 0 N–H and O–H groups in total. The van der Waals surface area contributed by atoms with Crippen molar-refractivity contribution in [2.24, 2.45) is 0 Å². The van der Waals surface area contributed by atoms with E-state index in [-0.39, 0.29) is 30.8 Å². The van der Waals surface area contributed by atoms with Crippen molar-refractivity contribution in [2.45, 2.75) is 68.8 Å². The average Bonchev–Trinajstić information content (AvgIpc) is 2.93. The predicted octanol–water partition coefficient (Wildman–Crippen LogP) is 6.26. The van der Waals surface area contributed by atoms with Crippen LogP contribution in [0.5, 0.6) is 0 Å². The van der Waals surface area contributed by atoms with Crippen molar-refractivity contribution in [1.29, 1.82) is 0 Å². The quantitative estimate of drug-likeness (QED) is 0.318. The highest BCUT2D eigenvalue weighted by molar-refractivity contribution is 7.89. The third-order valence-corrected chi connectivity index (χ3v) is 9.79. The van der Waals surface area contributed by atoms with E-state index in [1.54, 1.807) is 0 Å². The molecule has 7 nitrogen and oxygen atoms in total. The summed E-state index contributed by atoms with van der Waals surface area (Å²) < 4.78 is 56.1. The minimum absolute atomic E-state index is 0.0528. The number of anilines is 1. The van der Waals surface area contributed by atoms with Gasteiger partial charge in [-0.15, -0.1) is 0 Å². The normalized spacial score (nSPS) is 18.1. The van der Waals surface area contributed by atoms with Gasteiger partial charge in [-0.1, -0.05) is 25.3 Å². The summed E-state index contributed by atoms with van der Waals surface area (Å²) in [5.74, 6) is -1.24. The van der Waals surface area contributed by atoms with Gasteiger partial charge in [0.25, 0.3) is 0 Å². The lowest BCUT2D eigenvalue weighted by Gasteiger charge is -2.41. The SMILES string of the molecule is [C-]#[N+]c1cc(C)c(F)cc1S(=O)(=O)N1CC[C@@H]1C(=O)N(Cc1ccc(C2CCCCC2)cn1)c1ccc(F)cc1. The van der Waals surface area contributed by atoms with Gasteiger partial charge in [-0.05, 0) is 85.7 Å². The Morgan fingerprint density at radius 3 is 2.40 bits per heavy atom. The standard InChI is InChI=1S/C30H30F2N4O3S/c1-20-16-27(33-2)29(17-26(20)32)40(38,39)36-15-14-28(36)30(37)35(25-12-9-23(31)10-13-25)19-24-11-8-22(18-34-24)21-6-4-3-5-7-21/h8-13,16-18,21,28H,3-7,14-15,19H2,1H3/t28-/m1/s1. The molecule has 1 saturated heterocycles. The van der Waals surface area contributed by atoms with Crippen LogP contribution in [0.3, 0.4) is 0 Å². The number of amides is 1. The van der Waals surface area contributed by atoms with Gasteiger partial charge in [-0.3, -0.25) is 9.78 Å². The van der Waals surface area contributed by atoms with Crippen LogP contribution in [0.2, 0.25) is 0 Å². The highest BCUT2D eigenvalue weighted by atomic mass is 32.2. The molecule has 2 fully saturated rings. The van der Waals surface area contributed by atoms with Crippen LogP contribution in [0.4, 0.5) is 20.2 Å². The van der Waals surface area contributed by atoms with Gasteiger partial charge in [-0.2, -0.15) is 4.31 Å². The minimum atomic E-state index is -4.34. The zero-order valence-corrected chi connectivity index (χ0v) is 23.0. The molecule has 2 aromatic carbocycles. The first-order valence-electron chi connectivity index (χ1n) is 13.4. The van der Waals surface area contributed by atoms with Crippen molar-refractivity contribution >= 4 is 27.3 Å². The third-order valence-electron chi connectivity index (χ3n) is 7.85. The fourth-order valence-corrected chi connectivity index (χ4v) is 7.18. The van der Waals surface area contributed by atoms with Crippen LogP contribution < -0.4 is 4.90 Å². The Labute approximate surface area is 233 Å². The number of benzene rings is 2. The van der Waals surface area contributed by atoms with Crippen molar-refractivity contribution in [2.75, 3.05) is 11.4 Å². The van der Waals surface area contributed by atoms with Gasteiger partial charge < -0.3 is 4.90 Å². The molecular weight excluding hydrogens is 534 g/mol. The number of halogens is 2. The van der Waals surface area contributed by atoms with E-state index < -0.39 is 38.5 Å². The maximum Gasteiger partial charge on any atom is 0.245 e. The smallest absolute Gasteiger partial charge is 0.245 e. The molecule has 0 spiro atoms. The summed E-state index contributed by atoms with van der Waals surface area (Å²) in [6.45, 7) is 8.96. The van der Waals surface area contributed by atoms with Gasteiger partial charge in [0.15, 0.2) is 0 Å². The Kier molecular flexibility index (Phi) is 7.97. The van der Waals surface area contributed by atoms with E-state index in [9.17, 15) is 22.0 Å².